The molecule has 1 N–H and O–H groups in total. The van der Waals surface area contributed by atoms with Gasteiger partial charge in [0.15, 0.2) is 0 Å². The number of amides is 1. The quantitative estimate of drug-likeness (QED) is 0.325. The Kier molecular flexibility index (Phi) is 8.91. The first kappa shape index (κ1) is 26.0. The van der Waals surface area contributed by atoms with Crippen LogP contribution < -0.4 is 10.5 Å². The van der Waals surface area contributed by atoms with Gasteiger partial charge in [-0.25, -0.2) is 0 Å². The Labute approximate surface area is 209 Å². The first-order valence-electron chi connectivity index (χ1n) is 11.6. The van der Waals surface area contributed by atoms with E-state index in [1.807, 2.05) is 6.07 Å². The summed E-state index contributed by atoms with van der Waals surface area (Å²) in [6.45, 7) is 3.83. The highest BCUT2D eigenvalue weighted by Gasteiger charge is 2.32. The fraction of sp³-hybridized carbons (Fsp3) is 0.542. The summed E-state index contributed by atoms with van der Waals surface area (Å²) in [5.74, 6) is -0.276. The molecule has 1 aromatic heterocycles. The molecule has 0 bridgehead atoms. The predicted molar refractivity (Wildman–Crippen MR) is 138 cm³/mol. The van der Waals surface area contributed by atoms with E-state index in [1.165, 1.54) is 16.3 Å². The van der Waals surface area contributed by atoms with Crippen LogP contribution in [0.1, 0.15) is 68.1 Å². The molecule has 8 nitrogen and oxygen atoms in total. The number of rotatable bonds is 8. The number of aromatic nitrogens is 1. The van der Waals surface area contributed by atoms with Crippen LogP contribution in [-0.4, -0.2) is 50.4 Å². The zero-order valence-corrected chi connectivity index (χ0v) is 21.3. The lowest BCUT2D eigenvalue weighted by atomic mass is 10.0. The molecule has 182 valence electrons. The molecule has 0 unspecified atom stereocenters. The first-order valence-corrected chi connectivity index (χ1v) is 12.8. The normalized spacial score (nSPS) is 17.9. The van der Waals surface area contributed by atoms with Crippen LogP contribution in [0.3, 0.4) is 0 Å². The van der Waals surface area contributed by atoms with E-state index in [4.69, 9.17) is 17.3 Å². The number of nitrogens with zero attached hydrogens (tertiary/aromatic N) is 4. The SMILES string of the molecule is Cc1c(/C=C2\SC(=S)N(CCCCCC(=O)O)C2=O)c(N2CCCCCC2)n(C)c(=O)c1C#N. The largest absolute Gasteiger partial charge is 0.481 e. The number of aliphatic carboxylic acids is 1. The average molecular weight is 503 g/mol. The third-order valence-electron chi connectivity index (χ3n) is 6.29. The van der Waals surface area contributed by atoms with Gasteiger partial charge in [0, 0.05) is 38.7 Å². The Bertz CT molecular complexity index is 1110. The standard InChI is InChI=1S/C24H30N4O4S2/c1-16-17(14-19-23(32)28(24(33)34-19)13-9-5-6-10-20(29)30)21(26(2)22(31)18(16)15-25)27-11-7-3-4-8-12-27/h14H,3-13H2,1-2H3,(H,29,30)/b19-14-. The molecular formula is C24H30N4O4S2. The molecule has 1 aromatic rings. The number of unbranched alkanes of at least 4 members (excludes halogenated alkanes) is 2. The summed E-state index contributed by atoms with van der Waals surface area (Å²) >= 11 is 6.67. The van der Waals surface area contributed by atoms with Crippen molar-refractivity contribution < 1.29 is 14.7 Å². The summed E-state index contributed by atoms with van der Waals surface area (Å²) in [6, 6.07) is 2.04. The molecule has 0 saturated carbocycles. The number of carboxylic acid groups (broad SMARTS) is 1. The van der Waals surface area contributed by atoms with E-state index in [2.05, 4.69) is 4.90 Å². The maximum absolute atomic E-state index is 13.2. The van der Waals surface area contributed by atoms with Gasteiger partial charge < -0.3 is 10.0 Å². The Morgan fingerprint density at radius 1 is 1.18 bits per heavy atom. The van der Waals surface area contributed by atoms with Crippen LogP contribution in [0.25, 0.3) is 6.08 Å². The number of nitriles is 1. The summed E-state index contributed by atoms with van der Waals surface area (Å²) in [4.78, 5) is 41.0. The molecule has 2 aliphatic heterocycles. The fourth-order valence-corrected chi connectivity index (χ4v) is 5.71. The van der Waals surface area contributed by atoms with Crippen LogP contribution in [0, 0.1) is 18.3 Å². The molecule has 3 rings (SSSR count). The topological polar surface area (TPSA) is 107 Å². The zero-order chi connectivity index (χ0) is 24.8. The Balaban J connectivity index is 1.93. The van der Waals surface area contributed by atoms with Gasteiger partial charge in [-0.3, -0.25) is 23.9 Å². The van der Waals surface area contributed by atoms with Crippen molar-refractivity contribution in [1.29, 1.82) is 5.26 Å². The zero-order valence-electron chi connectivity index (χ0n) is 19.6. The van der Waals surface area contributed by atoms with E-state index in [0.717, 1.165) is 44.6 Å². The summed E-state index contributed by atoms with van der Waals surface area (Å²) in [5.41, 5.74) is 1.04. The van der Waals surface area contributed by atoms with Gasteiger partial charge in [-0.1, -0.05) is 43.2 Å². The summed E-state index contributed by atoms with van der Waals surface area (Å²) in [5, 5.41) is 18.4. The first-order chi connectivity index (χ1) is 16.3. The van der Waals surface area contributed by atoms with Crippen LogP contribution in [0.2, 0.25) is 0 Å². The molecule has 10 heteroatoms. The number of thioether (sulfide) groups is 1. The molecule has 0 atom stereocenters. The summed E-state index contributed by atoms with van der Waals surface area (Å²) in [6.07, 6.45) is 8.15. The van der Waals surface area contributed by atoms with Gasteiger partial charge in [0.05, 0.1) is 4.91 Å². The van der Waals surface area contributed by atoms with E-state index >= 15 is 0 Å². The number of hydrogen-bond donors (Lipinski definition) is 1. The van der Waals surface area contributed by atoms with Gasteiger partial charge in [-0.2, -0.15) is 5.26 Å². The maximum atomic E-state index is 13.2. The Morgan fingerprint density at radius 3 is 2.47 bits per heavy atom. The van der Waals surface area contributed by atoms with Crippen molar-refractivity contribution in [3.8, 4) is 6.07 Å². The second kappa shape index (κ2) is 11.7. The number of carboxylic acids is 1. The van der Waals surface area contributed by atoms with Crippen LogP contribution in [0.5, 0.6) is 0 Å². The van der Waals surface area contributed by atoms with E-state index in [1.54, 1.807) is 24.9 Å². The van der Waals surface area contributed by atoms with Gasteiger partial charge in [0.1, 0.15) is 21.8 Å². The predicted octanol–water partition coefficient (Wildman–Crippen LogP) is 3.79. The second-order valence-corrected chi connectivity index (χ2v) is 10.3. The minimum atomic E-state index is -0.821. The van der Waals surface area contributed by atoms with Crippen molar-refractivity contribution in [2.75, 3.05) is 24.5 Å². The van der Waals surface area contributed by atoms with Crippen molar-refractivity contribution >= 4 is 52.1 Å². The molecule has 0 radical (unpaired) electrons. The number of carbonyl (C=O) groups excluding carboxylic acids is 1. The number of hydrogen-bond acceptors (Lipinski definition) is 7. The van der Waals surface area contributed by atoms with Crippen molar-refractivity contribution in [2.24, 2.45) is 7.05 Å². The highest BCUT2D eigenvalue weighted by Crippen LogP contribution is 2.36. The van der Waals surface area contributed by atoms with Crippen molar-refractivity contribution in [2.45, 2.75) is 58.3 Å². The lowest BCUT2D eigenvalue weighted by molar-refractivity contribution is -0.137. The Morgan fingerprint density at radius 2 is 1.85 bits per heavy atom. The molecule has 2 saturated heterocycles. The number of carbonyl (C=O) groups is 2. The van der Waals surface area contributed by atoms with Crippen LogP contribution in [0.15, 0.2) is 9.70 Å². The molecule has 3 heterocycles. The third-order valence-corrected chi connectivity index (χ3v) is 7.67. The second-order valence-electron chi connectivity index (χ2n) is 8.65. The smallest absolute Gasteiger partial charge is 0.303 e. The lowest BCUT2D eigenvalue weighted by Crippen LogP contribution is -2.34. The van der Waals surface area contributed by atoms with Gasteiger partial charge in [-0.05, 0) is 44.2 Å². The van der Waals surface area contributed by atoms with Gasteiger partial charge >= 0.3 is 5.97 Å². The molecule has 2 fully saturated rings. The molecule has 34 heavy (non-hydrogen) atoms. The molecule has 0 spiro atoms. The maximum Gasteiger partial charge on any atom is 0.303 e. The number of thiocarbonyl (C=S) groups is 1. The summed E-state index contributed by atoms with van der Waals surface area (Å²) in [7, 11) is 1.68. The summed E-state index contributed by atoms with van der Waals surface area (Å²) < 4.78 is 2.00. The Hall–Kier alpha value is -2.64. The average Bonchev–Trinajstić information content (AvgIpc) is 2.97. The van der Waals surface area contributed by atoms with E-state index in [9.17, 15) is 19.6 Å². The molecule has 0 aromatic carbocycles. The van der Waals surface area contributed by atoms with Crippen molar-refractivity contribution in [3.63, 3.8) is 0 Å². The van der Waals surface area contributed by atoms with E-state index in [0.29, 0.717) is 46.2 Å². The third kappa shape index (κ3) is 5.70. The van der Waals surface area contributed by atoms with Crippen molar-refractivity contribution in [1.82, 2.24) is 9.47 Å². The van der Waals surface area contributed by atoms with E-state index in [-0.39, 0.29) is 23.5 Å². The lowest BCUT2D eigenvalue weighted by Gasteiger charge is -2.28. The van der Waals surface area contributed by atoms with Crippen LogP contribution >= 0.6 is 24.0 Å². The van der Waals surface area contributed by atoms with Crippen LogP contribution in [-0.2, 0) is 16.6 Å². The van der Waals surface area contributed by atoms with Gasteiger partial charge in [0.25, 0.3) is 11.5 Å². The molecule has 0 aliphatic carbocycles. The molecular weight excluding hydrogens is 472 g/mol. The molecule has 2 aliphatic rings. The van der Waals surface area contributed by atoms with Gasteiger partial charge in [-0.15, -0.1) is 0 Å². The monoisotopic (exact) mass is 502 g/mol. The van der Waals surface area contributed by atoms with E-state index < -0.39 is 5.97 Å². The van der Waals surface area contributed by atoms with Crippen molar-refractivity contribution in [3.05, 3.63) is 31.9 Å². The number of anilines is 1. The minimum absolute atomic E-state index is 0.0845. The van der Waals surface area contributed by atoms with Gasteiger partial charge in [0.2, 0.25) is 0 Å². The fourth-order valence-electron chi connectivity index (χ4n) is 4.42. The minimum Gasteiger partial charge on any atom is -0.481 e. The number of pyridine rings is 1. The highest BCUT2D eigenvalue weighted by molar-refractivity contribution is 8.26. The molecule has 1 amide bonds. The van der Waals surface area contributed by atoms with Crippen LogP contribution in [0.4, 0.5) is 5.82 Å². The highest BCUT2D eigenvalue weighted by atomic mass is 32.2.